The van der Waals surface area contributed by atoms with E-state index in [9.17, 15) is 9.59 Å². The van der Waals surface area contributed by atoms with Crippen molar-refractivity contribution in [3.8, 4) is 0 Å². The maximum absolute atomic E-state index is 13.0. The minimum Gasteiger partial charge on any atom is -0.318 e. The van der Waals surface area contributed by atoms with Gasteiger partial charge in [0.1, 0.15) is 5.82 Å². The Morgan fingerprint density at radius 3 is 2.48 bits per heavy atom. The van der Waals surface area contributed by atoms with Gasteiger partial charge < -0.3 is 10.3 Å². The molecule has 1 aromatic heterocycles. The summed E-state index contributed by atoms with van der Waals surface area (Å²) in [5.41, 5.74) is 2.55. The molecular weight excluding hydrogens is 310 g/mol. The first kappa shape index (κ1) is 15.7. The molecule has 1 aromatic carbocycles. The van der Waals surface area contributed by atoms with E-state index in [2.05, 4.69) is 10.3 Å². The van der Waals surface area contributed by atoms with Crippen LogP contribution in [0.25, 0.3) is 0 Å². The zero-order chi connectivity index (χ0) is 16.7. The summed E-state index contributed by atoms with van der Waals surface area (Å²) in [6.45, 7) is 5.84. The number of H-pyrrole nitrogens is 1. The van der Waals surface area contributed by atoms with Crippen LogP contribution in [0.3, 0.4) is 0 Å². The van der Waals surface area contributed by atoms with Gasteiger partial charge in [-0.05, 0) is 38.6 Å². The Balaban J connectivity index is 2.25. The van der Waals surface area contributed by atoms with Gasteiger partial charge in [-0.25, -0.2) is 0 Å². The number of aryl methyl sites for hydroxylation is 1. The SMILES string of the molecule is Cc1ccc(C2CC(=O)Nc3[nH]c(=S)n(C(C)C)c(=O)c32)cc1. The third kappa shape index (κ3) is 2.74. The van der Waals surface area contributed by atoms with Gasteiger partial charge >= 0.3 is 0 Å². The van der Waals surface area contributed by atoms with Crippen molar-refractivity contribution in [2.45, 2.75) is 39.2 Å². The summed E-state index contributed by atoms with van der Waals surface area (Å²) >= 11 is 5.27. The van der Waals surface area contributed by atoms with Crippen LogP contribution in [0.15, 0.2) is 29.1 Å². The third-order valence-corrected chi connectivity index (χ3v) is 4.47. The number of anilines is 1. The Hall–Kier alpha value is -2.21. The molecule has 5 nitrogen and oxygen atoms in total. The van der Waals surface area contributed by atoms with E-state index in [0.717, 1.165) is 11.1 Å². The van der Waals surface area contributed by atoms with Crippen molar-refractivity contribution in [3.63, 3.8) is 0 Å². The Kier molecular flexibility index (Phi) is 3.93. The zero-order valence-corrected chi connectivity index (χ0v) is 14.2. The molecule has 0 aliphatic carbocycles. The molecule has 1 aliphatic heterocycles. The summed E-state index contributed by atoms with van der Waals surface area (Å²) in [7, 11) is 0. The van der Waals surface area contributed by atoms with E-state index in [1.807, 2.05) is 45.0 Å². The molecule has 1 amide bonds. The summed E-state index contributed by atoms with van der Waals surface area (Å²) in [6.07, 6.45) is 0.258. The smallest absolute Gasteiger partial charge is 0.260 e. The van der Waals surface area contributed by atoms with Gasteiger partial charge in [-0.2, -0.15) is 0 Å². The Morgan fingerprint density at radius 2 is 1.87 bits per heavy atom. The molecular formula is C17H19N3O2S. The predicted octanol–water partition coefficient (Wildman–Crippen LogP) is 3.27. The second-order valence-corrected chi connectivity index (χ2v) is 6.59. The number of carbonyl (C=O) groups is 1. The van der Waals surface area contributed by atoms with Crippen molar-refractivity contribution in [1.82, 2.24) is 9.55 Å². The number of fused-ring (bicyclic) bond motifs is 1. The molecule has 0 radical (unpaired) electrons. The Labute approximate surface area is 139 Å². The maximum Gasteiger partial charge on any atom is 0.260 e. The van der Waals surface area contributed by atoms with Gasteiger partial charge in [0, 0.05) is 18.4 Å². The topological polar surface area (TPSA) is 66.9 Å². The van der Waals surface area contributed by atoms with Crippen LogP contribution in [0.2, 0.25) is 0 Å². The average Bonchev–Trinajstić information content (AvgIpc) is 2.46. The lowest BCUT2D eigenvalue weighted by atomic mass is 9.86. The molecule has 0 fully saturated rings. The predicted molar refractivity (Wildman–Crippen MR) is 92.5 cm³/mol. The van der Waals surface area contributed by atoms with Crippen molar-refractivity contribution < 1.29 is 4.79 Å². The van der Waals surface area contributed by atoms with Crippen molar-refractivity contribution >= 4 is 23.9 Å². The largest absolute Gasteiger partial charge is 0.318 e. The standard InChI is InChI=1S/C17H19N3O2S/c1-9(2)20-16(22)14-12(11-6-4-10(3)5-7-11)8-13(21)18-15(14)19-17(20)23/h4-7,9,12H,8H2,1-3H3,(H,18,21)(H,19,23). The molecule has 1 unspecified atom stereocenters. The quantitative estimate of drug-likeness (QED) is 0.831. The first-order valence-electron chi connectivity index (χ1n) is 7.63. The van der Waals surface area contributed by atoms with E-state index in [0.29, 0.717) is 16.2 Å². The van der Waals surface area contributed by atoms with Crippen molar-refractivity contribution in [3.05, 3.63) is 56.1 Å². The highest BCUT2D eigenvalue weighted by Gasteiger charge is 2.31. The molecule has 3 rings (SSSR count). The highest BCUT2D eigenvalue weighted by molar-refractivity contribution is 7.71. The summed E-state index contributed by atoms with van der Waals surface area (Å²) in [5.74, 6) is 0.0536. The molecule has 0 saturated heterocycles. The van der Waals surface area contributed by atoms with E-state index < -0.39 is 0 Å². The zero-order valence-electron chi connectivity index (χ0n) is 13.3. The number of nitrogens with zero attached hydrogens (tertiary/aromatic N) is 1. The highest BCUT2D eigenvalue weighted by Crippen LogP contribution is 2.34. The number of nitrogens with one attached hydrogen (secondary N) is 2. The molecule has 2 aromatic rings. The molecule has 1 aliphatic rings. The molecule has 2 N–H and O–H groups in total. The van der Waals surface area contributed by atoms with Crippen molar-refractivity contribution in [1.29, 1.82) is 0 Å². The second kappa shape index (κ2) is 5.77. The summed E-state index contributed by atoms with van der Waals surface area (Å²) in [5, 5.41) is 2.74. The second-order valence-electron chi connectivity index (χ2n) is 6.20. The van der Waals surface area contributed by atoms with Crippen LogP contribution in [-0.2, 0) is 4.79 Å². The van der Waals surface area contributed by atoms with Crippen molar-refractivity contribution in [2.75, 3.05) is 5.32 Å². The van der Waals surface area contributed by atoms with E-state index in [1.54, 1.807) is 4.57 Å². The van der Waals surface area contributed by atoms with Crippen molar-refractivity contribution in [2.24, 2.45) is 0 Å². The number of hydrogen-bond donors (Lipinski definition) is 2. The van der Waals surface area contributed by atoms with Crippen LogP contribution in [0.5, 0.6) is 0 Å². The summed E-state index contributed by atoms with van der Waals surface area (Å²) < 4.78 is 1.89. The summed E-state index contributed by atoms with van der Waals surface area (Å²) in [4.78, 5) is 28.0. The Bertz CT molecular complexity index is 878. The number of aromatic amines is 1. The average molecular weight is 329 g/mol. The fourth-order valence-corrected chi connectivity index (χ4v) is 3.41. The molecule has 120 valence electrons. The molecule has 6 heteroatoms. The van der Waals surface area contributed by atoms with E-state index in [-0.39, 0.29) is 29.8 Å². The number of rotatable bonds is 2. The van der Waals surface area contributed by atoms with Gasteiger partial charge in [0.15, 0.2) is 4.77 Å². The third-order valence-electron chi connectivity index (χ3n) is 4.17. The normalized spacial score (nSPS) is 17.0. The van der Waals surface area contributed by atoms with Gasteiger partial charge in [0.05, 0.1) is 5.56 Å². The van der Waals surface area contributed by atoms with Crippen LogP contribution in [0.1, 0.15) is 48.9 Å². The Morgan fingerprint density at radius 1 is 1.22 bits per heavy atom. The minimum absolute atomic E-state index is 0.0483. The number of carbonyl (C=O) groups excluding carboxylic acids is 1. The van der Waals surface area contributed by atoms with Crippen LogP contribution in [0, 0.1) is 11.7 Å². The lowest BCUT2D eigenvalue weighted by Gasteiger charge is -2.26. The highest BCUT2D eigenvalue weighted by atomic mass is 32.1. The number of amides is 1. The molecule has 0 spiro atoms. The van der Waals surface area contributed by atoms with Gasteiger partial charge in [-0.1, -0.05) is 29.8 Å². The minimum atomic E-state index is -0.260. The van der Waals surface area contributed by atoms with Gasteiger partial charge in [0.25, 0.3) is 5.56 Å². The lowest BCUT2D eigenvalue weighted by molar-refractivity contribution is -0.116. The van der Waals surface area contributed by atoms with Crippen LogP contribution >= 0.6 is 12.2 Å². The van der Waals surface area contributed by atoms with E-state index >= 15 is 0 Å². The van der Waals surface area contributed by atoms with Gasteiger partial charge in [-0.15, -0.1) is 0 Å². The van der Waals surface area contributed by atoms with Crippen LogP contribution in [0.4, 0.5) is 5.82 Å². The van der Waals surface area contributed by atoms with Crippen LogP contribution in [-0.4, -0.2) is 15.5 Å². The number of aromatic nitrogens is 2. The van der Waals surface area contributed by atoms with E-state index in [4.69, 9.17) is 12.2 Å². The molecule has 0 bridgehead atoms. The molecule has 1 atom stereocenters. The molecule has 2 heterocycles. The van der Waals surface area contributed by atoms with Gasteiger partial charge in [-0.3, -0.25) is 14.2 Å². The fraction of sp³-hybridized carbons (Fsp3) is 0.353. The first-order chi connectivity index (χ1) is 10.9. The molecule has 23 heavy (non-hydrogen) atoms. The fourth-order valence-electron chi connectivity index (χ4n) is 3.02. The van der Waals surface area contributed by atoms with Crippen LogP contribution < -0.4 is 10.9 Å². The summed E-state index contributed by atoms with van der Waals surface area (Å²) in [6, 6.07) is 7.89. The number of hydrogen-bond acceptors (Lipinski definition) is 3. The monoisotopic (exact) mass is 329 g/mol. The van der Waals surface area contributed by atoms with Gasteiger partial charge in [0.2, 0.25) is 5.91 Å². The lowest BCUT2D eigenvalue weighted by Crippen LogP contribution is -2.35. The first-order valence-corrected chi connectivity index (χ1v) is 8.04. The van der Waals surface area contributed by atoms with E-state index in [1.165, 1.54) is 0 Å². The number of benzene rings is 1. The molecule has 0 saturated carbocycles. The maximum atomic E-state index is 13.0.